The quantitative estimate of drug-likeness (QED) is 0.609. The summed E-state index contributed by atoms with van der Waals surface area (Å²) in [6.45, 7) is 0. The second-order valence-corrected chi connectivity index (χ2v) is 2.88. The van der Waals surface area contributed by atoms with Gasteiger partial charge in [-0.2, -0.15) is 0 Å². The minimum Gasteiger partial charge on any atom is -0.787 e. The molecule has 1 aromatic rings. The summed E-state index contributed by atoms with van der Waals surface area (Å²) in [5.74, 6) is -1.08. The van der Waals surface area contributed by atoms with Crippen molar-refractivity contribution < 1.29 is 15.0 Å². The standard InChI is InChI=1S/C9H10NO4/c11-7-3-1-6(2-4-7)5-8(10-14)9(12)13/h1-4,8,10-11H,5H2,(H,12,13)/q-1/t8-/m0/s1. The van der Waals surface area contributed by atoms with Crippen LogP contribution in [0.15, 0.2) is 24.3 Å². The van der Waals surface area contributed by atoms with Crippen LogP contribution >= 0.6 is 0 Å². The third-order valence-electron chi connectivity index (χ3n) is 1.82. The molecule has 0 spiro atoms. The maximum absolute atomic E-state index is 10.5. The van der Waals surface area contributed by atoms with Gasteiger partial charge in [-0.15, -0.1) is 0 Å². The number of carbonyl (C=O) groups is 1. The Kier molecular flexibility index (Phi) is 3.44. The van der Waals surface area contributed by atoms with E-state index in [2.05, 4.69) is 0 Å². The summed E-state index contributed by atoms with van der Waals surface area (Å²) in [4.78, 5) is 10.5. The smallest absolute Gasteiger partial charge is 0.320 e. The van der Waals surface area contributed by atoms with Crippen molar-refractivity contribution in [1.29, 1.82) is 0 Å². The van der Waals surface area contributed by atoms with Gasteiger partial charge in [0.25, 0.3) is 0 Å². The van der Waals surface area contributed by atoms with Crippen molar-refractivity contribution in [3.8, 4) is 5.75 Å². The van der Waals surface area contributed by atoms with Crippen LogP contribution in [-0.2, 0) is 11.2 Å². The fraction of sp³-hybridized carbons (Fsp3) is 0.222. The first kappa shape index (κ1) is 10.5. The number of aliphatic carboxylic acids is 1. The maximum atomic E-state index is 10.5. The summed E-state index contributed by atoms with van der Waals surface area (Å²) in [5, 5.41) is 27.8. The van der Waals surface area contributed by atoms with E-state index in [1.807, 2.05) is 0 Å². The number of nitrogens with one attached hydrogen (secondary N) is 1. The molecule has 0 saturated carbocycles. The van der Waals surface area contributed by atoms with Gasteiger partial charge in [-0.1, -0.05) is 12.1 Å². The van der Waals surface area contributed by atoms with E-state index in [-0.39, 0.29) is 12.2 Å². The van der Waals surface area contributed by atoms with Crippen LogP contribution in [0.5, 0.6) is 5.75 Å². The molecule has 5 heteroatoms. The molecule has 0 aliphatic carbocycles. The zero-order chi connectivity index (χ0) is 10.6. The Labute approximate surface area is 80.6 Å². The molecule has 1 atom stereocenters. The first-order valence-electron chi connectivity index (χ1n) is 4.02. The van der Waals surface area contributed by atoms with E-state index < -0.39 is 12.0 Å². The Bertz CT molecular complexity index is 309. The maximum Gasteiger partial charge on any atom is 0.320 e. The summed E-state index contributed by atoms with van der Waals surface area (Å²) >= 11 is 0. The van der Waals surface area contributed by atoms with Crippen molar-refractivity contribution >= 4 is 5.97 Å². The normalized spacial score (nSPS) is 12.4. The summed E-state index contributed by atoms with van der Waals surface area (Å²) in [7, 11) is 0. The van der Waals surface area contributed by atoms with E-state index in [1.54, 1.807) is 12.1 Å². The average molecular weight is 196 g/mol. The number of phenols is 1. The molecule has 14 heavy (non-hydrogen) atoms. The van der Waals surface area contributed by atoms with Crippen molar-refractivity contribution in [2.45, 2.75) is 12.5 Å². The Balaban J connectivity index is 2.67. The van der Waals surface area contributed by atoms with Gasteiger partial charge in [-0.05, 0) is 24.1 Å². The van der Waals surface area contributed by atoms with Crippen LogP contribution < -0.4 is 5.48 Å². The first-order valence-corrected chi connectivity index (χ1v) is 4.02. The molecule has 0 heterocycles. The summed E-state index contributed by atoms with van der Waals surface area (Å²) in [5.41, 5.74) is 2.13. The summed E-state index contributed by atoms with van der Waals surface area (Å²) in [6, 6.07) is 4.89. The van der Waals surface area contributed by atoms with Gasteiger partial charge in [-0.3, -0.25) is 4.79 Å². The molecule has 0 aliphatic heterocycles. The van der Waals surface area contributed by atoms with E-state index in [9.17, 15) is 10.0 Å². The molecule has 0 unspecified atom stereocenters. The fourth-order valence-corrected chi connectivity index (χ4v) is 1.05. The second-order valence-electron chi connectivity index (χ2n) is 2.88. The molecule has 76 valence electrons. The van der Waals surface area contributed by atoms with E-state index in [0.717, 1.165) is 0 Å². The number of phenolic OH excluding ortho intramolecular Hbond substituents is 1. The lowest BCUT2D eigenvalue weighted by Crippen LogP contribution is -2.34. The van der Waals surface area contributed by atoms with Crippen LogP contribution in [-0.4, -0.2) is 22.2 Å². The lowest BCUT2D eigenvalue weighted by Gasteiger charge is -2.17. The topological polar surface area (TPSA) is 92.6 Å². The predicted octanol–water partition coefficient (Wildman–Crippen LogP) is 0.475. The van der Waals surface area contributed by atoms with Crippen LogP contribution in [0.2, 0.25) is 0 Å². The Morgan fingerprint density at radius 1 is 1.43 bits per heavy atom. The average Bonchev–Trinajstić information content (AvgIpc) is 2.16. The Morgan fingerprint density at radius 2 is 2.00 bits per heavy atom. The van der Waals surface area contributed by atoms with Crippen LogP contribution in [0.4, 0.5) is 0 Å². The largest absolute Gasteiger partial charge is 0.787 e. The van der Waals surface area contributed by atoms with Crippen molar-refractivity contribution in [3.63, 3.8) is 0 Å². The highest BCUT2D eigenvalue weighted by Gasteiger charge is 2.12. The number of carboxylic acids is 1. The molecule has 0 bridgehead atoms. The van der Waals surface area contributed by atoms with Gasteiger partial charge in [0.15, 0.2) is 0 Å². The summed E-state index contributed by atoms with van der Waals surface area (Å²) < 4.78 is 0. The zero-order valence-electron chi connectivity index (χ0n) is 7.30. The fourth-order valence-electron chi connectivity index (χ4n) is 1.05. The summed E-state index contributed by atoms with van der Waals surface area (Å²) in [6.07, 6.45) is 0.0963. The minimum atomic E-state index is -1.19. The van der Waals surface area contributed by atoms with Crippen molar-refractivity contribution in [1.82, 2.24) is 5.48 Å². The third kappa shape index (κ3) is 2.72. The molecule has 1 aromatic carbocycles. The van der Waals surface area contributed by atoms with Crippen molar-refractivity contribution in [3.05, 3.63) is 35.0 Å². The first-order chi connectivity index (χ1) is 6.63. The van der Waals surface area contributed by atoms with Gasteiger partial charge in [-0.25, -0.2) is 0 Å². The second kappa shape index (κ2) is 4.59. The molecular formula is C9H10NO4-. The molecule has 0 radical (unpaired) electrons. The highest BCUT2D eigenvalue weighted by molar-refractivity contribution is 5.74. The van der Waals surface area contributed by atoms with Crippen LogP contribution in [0, 0.1) is 5.21 Å². The molecule has 0 fully saturated rings. The van der Waals surface area contributed by atoms with Gasteiger partial charge >= 0.3 is 5.97 Å². The Hall–Kier alpha value is -1.59. The number of hydroxylamine groups is 1. The van der Waals surface area contributed by atoms with E-state index in [0.29, 0.717) is 5.56 Å². The molecule has 0 aliphatic rings. The molecule has 5 nitrogen and oxygen atoms in total. The molecule has 3 N–H and O–H groups in total. The van der Waals surface area contributed by atoms with Crippen LogP contribution in [0.1, 0.15) is 5.56 Å². The van der Waals surface area contributed by atoms with E-state index >= 15 is 0 Å². The van der Waals surface area contributed by atoms with E-state index in [4.69, 9.17) is 10.2 Å². The molecule has 0 saturated heterocycles. The van der Waals surface area contributed by atoms with Crippen molar-refractivity contribution in [2.75, 3.05) is 0 Å². The zero-order valence-corrected chi connectivity index (χ0v) is 7.30. The monoisotopic (exact) mass is 196 g/mol. The van der Waals surface area contributed by atoms with Crippen LogP contribution in [0.25, 0.3) is 0 Å². The lowest BCUT2D eigenvalue weighted by molar-refractivity contribution is -0.139. The number of hydrogen-bond donors (Lipinski definition) is 3. The molecule has 1 rings (SSSR count). The third-order valence-corrected chi connectivity index (χ3v) is 1.82. The number of hydrogen-bond acceptors (Lipinski definition) is 4. The highest BCUT2D eigenvalue weighted by Crippen LogP contribution is 2.11. The number of rotatable bonds is 4. The van der Waals surface area contributed by atoms with Gasteiger partial charge in [0.2, 0.25) is 0 Å². The lowest BCUT2D eigenvalue weighted by atomic mass is 10.1. The van der Waals surface area contributed by atoms with Gasteiger partial charge < -0.3 is 20.9 Å². The van der Waals surface area contributed by atoms with Gasteiger partial charge in [0.1, 0.15) is 5.75 Å². The minimum absolute atomic E-state index is 0.0963. The van der Waals surface area contributed by atoms with Crippen LogP contribution in [0.3, 0.4) is 0 Å². The van der Waals surface area contributed by atoms with Gasteiger partial charge in [0, 0.05) is 0 Å². The number of benzene rings is 1. The molecule has 0 aromatic heterocycles. The van der Waals surface area contributed by atoms with E-state index in [1.165, 1.54) is 17.6 Å². The predicted molar refractivity (Wildman–Crippen MR) is 49.7 cm³/mol. The molecular weight excluding hydrogens is 186 g/mol. The number of carboxylic acid groups (broad SMARTS) is 1. The Morgan fingerprint density at radius 3 is 2.43 bits per heavy atom. The molecule has 0 amide bonds. The highest BCUT2D eigenvalue weighted by atomic mass is 16.5. The SMILES string of the molecule is O=C(O)[C@H](Cc1ccc(O)cc1)N[O-]. The number of aromatic hydroxyl groups is 1. The van der Waals surface area contributed by atoms with Gasteiger partial charge in [0.05, 0.1) is 6.04 Å². The van der Waals surface area contributed by atoms with Crippen molar-refractivity contribution in [2.24, 2.45) is 0 Å².